The molecule has 3 rings (SSSR count). The van der Waals surface area contributed by atoms with Crippen LogP contribution in [0, 0.1) is 13.8 Å². The van der Waals surface area contributed by atoms with E-state index < -0.39 is 10.0 Å². The fraction of sp³-hybridized carbons (Fsp3) is 0.480. The molecule has 1 N–H and O–H groups in total. The van der Waals surface area contributed by atoms with Gasteiger partial charge in [-0.1, -0.05) is 36.4 Å². The Balaban J connectivity index is 1.49. The lowest BCUT2D eigenvalue weighted by molar-refractivity contribution is -0.121. The number of benzene rings is 2. The van der Waals surface area contributed by atoms with Crippen LogP contribution in [-0.4, -0.2) is 58.3 Å². The standard InChI is InChI=1S/C25H35N3O4S/c1-20-7-4-10-24(21(20)2)28(33(3,30)31)12-6-11-25(29)26-18-22-8-5-9-23(17-22)19-27-13-15-32-16-14-27/h4-5,7-10,17H,6,11-16,18-19H2,1-3H3,(H,26,29). The minimum atomic E-state index is -3.44. The summed E-state index contributed by atoms with van der Waals surface area (Å²) in [4.78, 5) is 14.8. The van der Waals surface area contributed by atoms with Gasteiger partial charge in [-0.2, -0.15) is 0 Å². The highest BCUT2D eigenvalue weighted by atomic mass is 32.2. The zero-order valence-electron chi connectivity index (χ0n) is 19.8. The highest BCUT2D eigenvalue weighted by Gasteiger charge is 2.20. The van der Waals surface area contributed by atoms with Crippen molar-refractivity contribution < 1.29 is 17.9 Å². The van der Waals surface area contributed by atoms with Gasteiger partial charge < -0.3 is 10.1 Å². The highest BCUT2D eigenvalue weighted by molar-refractivity contribution is 7.92. The Kier molecular flexibility index (Phi) is 8.88. The van der Waals surface area contributed by atoms with Gasteiger partial charge in [-0.15, -0.1) is 0 Å². The normalized spacial score (nSPS) is 14.8. The van der Waals surface area contributed by atoms with Crippen LogP contribution in [0.4, 0.5) is 5.69 Å². The van der Waals surface area contributed by atoms with Crippen LogP contribution in [0.5, 0.6) is 0 Å². The van der Waals surface area contributed by atoms with Gasteiger partial charge in [0, 0.05) is 39.1 Å². The molecule has 0 bridgehead atoms. The van der Waals surface area contributed by atoms with Crippen molar-refractivity contribution in [3.05, 3.63) is 64.7 Å². The number of hydrogen-bond acceptors (Lipinski definition) is 5. The number of carbonyl (C=O) groups excluding carboxylic acids is 1. The lowest BCUT2D eigenvalue weighted by Crippen LogP contribution is -2.35. The molecular formula is C25H35N3O4S. The predicted octanol–water partition coefficient (Wildman–Crippen LogP) is 3.00. The number of hydrogen-bond donors (Lipinski definition) is 1. The summed E-state index contributed by atoms with van der Waals surface area (Å²) in [6, 6.07) is 13.9. The second-order valence-corrected chi connectivity index (χ2v) is 10.5. The van der Waals surface area contributed by atoms with E-state index in [1.54, 1.807) is 0 Å². The molecule has 1 fully saturated rings. The molecule has 2 aromatic rings. The molecule has 0 unspecified atom stereocenters. The van der Waals surface area contributed by atoms with Gasteiger partial charge in [-0.3, -0.25) is 14.0 Å². The highest BCUT2D eigenvalue weighted by Crippen LogP contribution is 2.25. The van der Waals surface area contributed by atoms with Crippen LogP contribution in [0.2, 0.25) is 0 Å². The fourth-order valence-corrected chi connectivity index (χ4v) is 5.01. The van der Waals surface area contributed by atoms with Gasteiger partial charge >= 0.3 is 0 Å². The monoisotopic (exact) mass is 473 g/mol. The van der Waals surface area contributed by atoms with Crippen LogP contribution < -0.4 is 9.62 Å². The van der Waals surface area contributed by atoms with Gasteiger partial charge in [-0.05, 0) is 48.6 Å². The molecule has 180 valence electrons. The second kappa shape index (κ2) is 11.6. The Morgan fingerprint density at radius 3 is 2.52 bits per heavy atom. The number of anilines is 1. The van der Waals surface area contributed by atoms with Crippen molar-refractivity contribution in [2.45, 2.75) is 39.8 Å². The average molecular weight is 474 g/mol. The number of nitrogens with zero attached hydrogens (tertiary/aromatic N) is 2. The molecule has 7 nitrogen and oxygen atoms in total. The van der Waals surface area contributed by atoms with Crippen LogP contribution in [0.15, 0.2) is 42.5 Å². The van der Waals surface area contributed by atoms with E-state index in [2.05, 4.69) is 22.3 Å². The smallest absolute Gasteiger partial charge is 0.232 e. The summed E-state index contributed by atoms with van der Waals surface area (Å²) < 4.78 is 31.5. The van der Waals surface area contributed by atoms with E-state index in [0.717, 1.165) is 49.5 Å². The number of sulfonamides is 1. The predicted molar refractivity (Wildman–Crippen MR) is 132 cm³/mol. The van der Waals surface area contributed by atoms with Gasteiger partial charge in [0.25, 0.3) is 0 Å². The first-order chi connectivity index (χ1) is 15.7. The number of aryl methyl sites for hydroxylation is 1. The summed E-state index contributed by atoms with van der Waals surface area (Å²) in [5.74, 6) is -0.0806. The number of morpholine rings is 1. The first kappa shape index (κ1) is 25.2. The van der Waals surface area contributed by atoms with Crippen LogP contribution >= 0.6 is 0 Å². The minimum Gasteiger partial charge on any atom is -0.379 e. The maximum Gasteiger partial charge on any atom is 0.232 e. The third-order valence-corrected chi connectivity index (χ3v) is 7.18. The van der Waals surface area contributed by atoms with Gasteiger partial charge in [0.2, 0.25) is 15.9 Å². The quantitative estimate of drug-likeness (QED) is 0.574. The lowest BCUT2D eigenvalue weighted by Gasteiger charge is -2.26. The van der Waals surface area contributed by atoms with Crippen LogP contribution in [0.1, 0.15) is 35.1 Å². The molecule has 2 aromatic carbocycles. The molecule has 1 aliphatic rings. The van der Waals surface area contributed by atoms with Crippen molar-refractivity contribution in [3.8, 4) is 0 Å². The summed E-state index contributed by atoms with van der Waals surface area (Å²) in [5.41, 5.74) is 4.93. The Bertz CT molecular complexity index is 1050. The molecular weight excluding hydrogens is 438 g/mol. The summed E-state index contributed by atoms with van der Waals surface area (Å²) in [7, 11) is -3.44. The number of nitrogens with one attached hydrogen (secondary N) is 1. The van der Waals surface area contributed by atoms with Crippen molar-refractivity contribution in [3.63, 3.8) is 0 Å². The third-order valence-electron chi connectivity index (χ3n) is 6.00. The molecule has 1 aliphatic heterocycles. The topological polar surface area (TPSA) is 79.0 Å². The SMILES string of the molecule is Cc1cccc(N(CCCC(=O)NCc2cccc(CN3CCOCC3)c2)S(C)(=O)=O)c1C. The molecule has 8 heteroatoms. The number of amides is 1. The van der Waals surface area contributed by atoms with E-state index >= 15 is 0 Å². The summed E-state index contributed by atoms with van der Waals surface area (Å²) in [5, 5.41) is 2.96. The Labute approximate surface area is 197 Å². The largest absolute Gasteiger partial charge is 0.379 e. The second-order valence-electron chi connectivity index (χ2n) is 8.64. The Hall–Kier alpha value is -2.42. The molecule has 0 aliphatic carbocycles. The number of carbonyl (C=O) groups is 1. The zero-order chi connectivity index (χ0) is 23.8. The maximum absolute atomic E-state index is 12.4. The van der Waals surface area contributed by atoms with E-state index in [1.165, 1.54) is 16.1 Å². The third kappa shape index (κ3) is 7.55. The molecule has 0 saturated carbocycles. The Morgan fingerprint density at radius 1 is 1.09 bits per heavy atom. The zero-order valence-corrected chi connectivity index (χ0v) is 20.7. The van der Waals surface area contributed by atoms with Crippen LogP contribution in [-0.2, 0) is 32.6 Å². The van der Waals surface area contributed by atoms with Gasteiger partial charge in [0.05, 0.1) is 25.2 Å². The van der Waals surface area contributed by atoms with Crippen molar-refractivity contribution in [1.82, 2.24) is 10.2 Å². The van der Waals surface area contributed by atoms with Gasteiger partial charge in [-0.25, -0.2) is 8.42 Å². The molecule has 0 atom stereocenters. The van der Waals surface area contributed by atoms with Gasteiger partial charge in [0.15, 0.2) is 0 Å². The average Bonchev–Trinajstić information content (AvgIpc) is 2.78. The molecule has 0 spiro atoms. The van der Waals surface area contributed by atoms with E-state index in [0.29, 0.717) is 18.7 Å². The molecule has 1 amide bonds. The van der Waals surface area contributed by atoms with Crippen molar-refractivity contribution in [1.29, 1.82) is 0 Å². The molecule has 1 saturated heterocycles. The van der Waals surface area contributed by atoms with E-state index in [4.69, 9.17) is 4.74 Å². The molecule has 1 heterocycles. The van der Waals surface area contributed by atoms with Crippen LogP contribution in [0.3, 0.4) is 0 Å². The Morgan fingerprint density at radius 2 is 1.79 bits per heavy atom. The van der Waals surface area contributed by atoms with Crippen molar-refractivity contribution >= 4 is 21.6 Å². The number of ether oxygens (including phenoxy) is 1. The van der Waals surface area contributed by atoms with Crippen molar-refractivity contribution in [2.24, 2.45) is 0 Å². The van der Waals surface area contributed by atoms with Crippen molar-refractivity contribution in [2.75, 3.05) is 43.4 Å². The van der Waals surface area contributed by atoms with E-state index in [-0.39, 0.29) is 18.9 Å². The summed E-state index contributed by atoms with van der Waals surface area (Å²) >= 11 is 0. The van der Waals surface area contributed by atoms with E-state index in [1.807, 2.05) is 44.2 Å². The lowest BCUT2D eigenvalue weighted by atomic mass is 10.1. The fourth-order valence-electron chi connectivity index (χ4n) is 4.00. The molecule has 33 heavy (non-hydrogen) atoms. The minimum absolute atomic E-state index is 0.0806. The molecule has 0 aromatic heterocycles. The summed E-state index contributed by atoms with van der Waals surface area (Å²) in [6.07, 6.45) is 1.92. The summed E-state index contributed by atoms with van der Waals surface area (Å²) in [6.45, 7) is 8.91. The van der Waals surface area contributed by atoms with Gasteiger partial charge in [0.1, 0.15) is 0 Å². The first-order valence-corrected chi connectivity index (χ1v) is 13.3. The van der Waals surface area contributed by atoms with Crippen LogP contribution in [0.25, 0.3) is 0 Å². The maximum atomic E-state index is 12.4. The van der Waals surface area contributed by atoms with E-state index in [9.17, 15) is 13.2 Å². The first-order valence-electron chi connectivity index (χ1n) is 11.4. The molecule has 0 radical (unpaired) electrons. The number of rotatable bonds is 10.